The van der Waals surface area contributed by atoms with Gasteiger partial charge in [0.2, 0.25) is 0 Å². The first-order valence-electron chi connectivity index (χ1n) is 0.204. The van der Waals surface area contributed by atoms with Crippen LogP contribution in [0.1, 0.15) is 0 Å². The van der Waals surface area contributed by atoms with Gasteiger partial charge >= 0.3 is 35.7 Å². The summed E-state index contributed by atoms with van der Waals surface area (Å²) in [7, 11) is 0. The Morgan fingerprint density at radius 1 is 1.25 bits per heavy atom. The van der Waals surface area contributed by atoms with E-state index in [1.54, 1.807) is 18.0 Å². The normalized spacial score (nSPS) is 1.00. The third-order valence-corrected chi connectivity index (χ3v) is 0. The van der Waals surface area contributed by atoms with Gasteiger partial charge in [-0.15, -0.1) is 0 Å². The van der Waals surface area contributed by atoms with Crippen LogP contribution in [-0.2, 0) is 0 Å². The minimum atomic E-state index is 0. The Balaban J connectivity index is -0.00000000500. The van der Waals surface area contributed by atoms with Gasteiger partial charge in [-0.3, -0.25) is 0 Å². The maximum atomic E-state index is 2.04. The van der Waals surface area contributed by atoms with E-state index in [1.807, 2.05) is 17.7 Å². The van der Waals surface area contributed by atoms with E-state index in [1.165, 1.54) is 0 Å². The molecule has 0 heterocycles. The van der Waals surface area contributed by atoms with Crippen molar-refractivity contribution in [2.75, 3.05) is 0 Å². The summed E-state index contributed by atoms with van der Waals surface area (Å²) in [4.78, 5) is 0. The second-order valence-electron chi connectivity index (χ2n) is 0. The monoisotopic (exact) mass is 492 g/mol. The fourth-order valence-corrected chi connectivity index (χ4v) is 0. The minimum absolute atomic E-state index is 0. The zero-order chi connectivity index (χ0) is 2.00. The van der Waals surface area contributed by atoms with E-state index < -0.39 is 0 Å². The summed E-state index contributed by atoms with van der Waals surface area (Å²) in [5.74, 6) is 0. The summed E-state index contributed by atoms with van der Waals surface area (Å²) in [5.41, 5.74) is 0. The Morgan fingerprint density at radius 3 is 1.25 bits per heavy atom. The first-order valence-corrected chi connectivity index (χ1v) is 9.19. The van der Waals surface area contributed by atoms with E-state index in [4.69, 9.17) is 0 Å². The molecule has 0 unspecified atom stereocenters. The van der Waals surface area contributed by atoms with E-state index >= 15 is 0 Å². The third kappa shape index (κ3) is 8.85. The first kappa shape index (κ1) is 15.8. The van der Waals surface area contributed by atoms with Crippen LogP contribution in [0.5, 0.6) is 0 Å². The molecule has 0 aliphatic rings. The van der Waals surface area contributed by atoms with Gasteiger partial charge in [-0.25, -0.2) is 0 Å². The first-order chi connectivity index (χ1) is 1.00. The molecule has 0 aromatic heterocycles. The van der Waals surface area contributed by atoms with E-state index in [0.29, 0.717) is 0 Å². The van der Waals surface area contributed by atoms with Gasteiger partial charge in [0.1, 0.15) is 0 Å². The zero-order valence-corrected chi connectivity index (χ0v) is 12.0. The molecule has 0 N–H and O–H groups in total. The summed E-state index contributed by atoms with van der Waals surface area (Å²) < 4.78 is 0. The van der Waals surface area contributed by atoms with Crippen LogP contribution in [0.25, 0.3) is 0 Å². The van der Waals surface area contributed by atoms with Crippen molar-refractivity contribution in [2.24, 2.45) is 0 Å². The van der Waals surface area contributed by atoms with Crippen LogP contribution in [0.2, 0.25) is 0 Å². The Hall–Kier alpha value is 2.86. The van der Waals surface area contributed by atoms with Gasteiger partial charge in [-0.2, -0.15) is 13.5 Å². The molecule has 0 fully saturated rings. The summed E-state index contributed by atoms with van der Waals surface area (Å²) in [6, 6.07) is 0. The SMILES string of the molecule is S.[Pb].[Sn]=[Te]. The Bertz CT molecular complexity index is 8.00. The number of rotatable bonds is 0. The molecule has 0 spiro atoms. The third-order valence-electron chi connectivity index (χ3n) is 0. The maximum absolute atomic E-state index is 2.04. The van der Waals surface area contributed by atoms with E-state index in [2.05, 4.69) is 0 Å². The predicted molar refractivity (Wildman–Crippen MR) is 27.6 cm³/mol. The second kappa shape index (κ2) is 16.9. The van der Waals surface area contributed by atoms with Gasteiger partial charge in [-0.1, -0.05) is 0 Å². The summed E-state index contributed by atoms with van der Waals surface area (Å²) in [6.45, 7) is 0. The van der Waals surface area contributed by atoms with Gasteiger partial charge in [0.25, 0.3) is 0 Å². The van der Waals surface area contributed by atoms with Crippen molar-refractivity contribution in [2.45, 2.75) is 0 Å². The van der Waals surface area contributed by atoms with Crippen molar-refractivity contribution in [1.29, 1.82) is 0 Å². The molecular formula is H2PbSSnTe. The fourth-order valence-electron chi connectivity index (χ4n) is 0. The average Bonchev–Trinajstić information content (AvgIpc) is 1.00. The molecule has 0 bridgehead atoms. The van der Waals surface area contributed by atoms with Crippen molar-refractivity contribution >= 4 is 76.5 Å². The summed E-state index contributed by atoms with van der Waals surface area (Å²) in [6.07, 6.45) is 0. The van der Waals surface area contributed by atoms with Crippen molar-refractivity contribution < 1.29 is 0 Å². The molecule has 4 heavy (non-hydrogen) atoms. The van der Waals surface area contributed by atoms with Crippen LogP contribution >= 0.6 is 13.5 Å². The topological polar surface area (TPSA) is 0 Å². The van der Waals surface area contributed by atoms with Crippen LogP contribution < -0.4 is 0 Å². The van der Waals surface area contributed by atoms with Gasteiger partial charge in [-0.05, 0) is 0 Å². The molecule has 22 valence electrons. The van der Waals surface area contributed by atoms with Gasteiger partial charge in [0.15, 0.2) is 0 Å². The molecule has 0 rings (SSSR count). The quantitative estimate of drug-likeness (QED) is 0.384. The summed E-state index contributed by atoms with van der Waals surface area (Å²) in [5, 5.41) is 0. The van der Waals surface area contributed by atoms with Crippen molar-refractivity contribution in [3.8, 4) is 0 Å². The fraction of sp³-hybridized carbons (Fsp3) is 0. The molecule has 0 atom stereocenters. The molecule has 0 nitrogen and oxygen atoms in total. The molecular weight excluding hydrogens is 486 g/mol. The van der Waals surface area contributed by atoms with E-state index in [0.717, 1.165) is 0 Å². The Morgan fingerprint density at radius 2 is 1.25 bits per heavy atom. The van der Waals surface area contributed by atoms with Crippen molar-refractivity contribution in [3.63, 3.8) is 0 Å². The van der Waals surface area contributed by atoms with Crippen molar-refractivity contribution in [1.82, 2.24) is 0 Å². The van der Waals surface area contributed by atoms with Crippen LogP contribution in [0.3, 0.4) is 0 Å². The van der Waals surface area contributed by atoms with Gasteiger partial charge < -0.3 is 0 Å². The molecule has 4 heteroatoms. The molecule has 0 aliphatic heterocycles. The Kier molecular flexibility index (Phi) is 66.9. The molecule has 0 saturated heterocycles. The predicted octanol–water partition coefficient (Wildman–Crippen LogP) is -1.03. The van der Waals surface area contributed by atoms with Crippen LogP contribution in [0, 0.1) is 0 Å². The van der Waals surface area contributed by atoms with E-state index in [9.17, 15) is 0 Å². The van der Waals surface area contributed by atoms with Crippen molar-refractivity contribution in [3.05, 3.63) is 0 Å². The second-order valence-corrected chi connectivity index (χ2v) is 0. The molecule has 0 aromatic rings. The average molecular weight is 488 g/mol. The molecule has 6 radical (unpaired) electrons. The zero-order valence-electron chi connectivity index (χ0n) is 1.91. The van der Waals surface area contributed by atoms with Crippen LogP contribution in [-0.4, -0.2) is 63.0 Å². The summed E-state index contributed by atoms with van der Waals surface area (Å²) >= 11 is 3.60. The van der Waals surface area contributed by atoms with Crippen LogP contribution in [0.15, 0.2) is 0 Å². The molecule has 0 saturated carbocycles. The number of hydrogen-bond donors (Lipinski definition) is 0. The Labute approximate surface area is 74.9 Å². The number of hydrogen-bond acceptors (Lipinski definition) is 0. The van der Waals surface area contributed by atoms with Gasteiger partial charge in [0.05, 0.1) is 0 Å². The molecule has 0 amide bonds. The van der Waals surface area contributed by atoms with Crippen LogP contribution in [0.4, 0.5) is 0 Å². The van der Waals surface area contributed by atoms with Gasteiger partial charge in [0, 0.05) is 27.3 Å². The molecule has 0 aromatic carbocycles. The standard InChI is InChI=1S/Pb.H2S.Sn.Te/h;1H2;;. The van der Waals surface area contributed by atoms with E-state index in [-0.39, 0.29) is 40.8 Å². The molecule has 0 aliphatic carbocycles.